The van der Waals surface area contributed by atoms with E-state index >= 15 is 0 Å². The molecule has 9 heteroatoms. The van der Waals surface area contributed by atoms with Gasteiger partial charge in [-0.15, -0.1) is 0 Å². The van der Waals surface area contributed by atoms with E-state index in [1.54, 1.807) is 6.08 Å². The van der Waals surface area contributed by atoms with Crippen LogP contribution in [0.4, 0.5) is 10.1 Å². The maximum absolute atomic E-state index is 14.6. The molecule has 1 aliphatic heterocycles. The summed E-state index contributed by atoms with van der Waals surface area (Å²) >= 11 is 5.93. The fourth-order valence-electron chi connectivity index (χ4n) is 3.21. The van der Waals surface area contributed by atoms with E-state index in [1.165, 1.54) is 0 Å². The van der Waals surface area contributed by atoms with Crippen LogP contribution in [-0.2, 0) is 22.2 Å². The number of nitrogens with one attached hydrogen (secondary N) is 1. The van der Waals surface area contributed by atoms with Crippen LogP contribution >= 0.6 is 11.6 Å². The molecule has 0 radical (unpaired) electrons. The van der Waals surface area contributed by atoms with Crippen molar-refractivity contribution in [3.63, 3.8) is 0 Å². The summed E-state index contributed by atoms with van der Waals surface area (Å²) in [5.74, 6) is -1.97. The number of sulfonamides is 1. The van der Waals surface area contributed by atoms with Gasteiger partial charge in [-0.3, -0.25) is 4.72 Å². The maximum Gasteiger partial charge on any atom is 0.237 e. The average Bonchev–Trinajstić information content (AvgIpc) is 2.97. The number of hydrogen-bond acceptors (Lipinski definition) is 4. The molecule has 6 nitrogen and oxygen atoms in total. The lowest BCUT2D eigenvalue weighted by atomic mass is 10.0. The van der Waals surface area contributed by atoms with Crippen molar-refractivity contribution < 1.29 is 23.0 Å². The molecule has 0 saturated carbocycles. The predicted octanol–water partition coefficient (Wildman–Crippen LogP) is 2.90. The van der Waals surface area contributed by atoms with Gasteiger partial charge >= 0.3 is 0 Å². The van der Waals surface area contributed by atoms with Crippen molar-refractivity contribution in [3.8, 4) is 17.4 Å². The smallest absolute Gasteiger partial charge is 0.237 e. The molecule has 24 heavy (non-hydrogen) atoms. The van der Waals surface area contributed by atoms with Crippen molar-refractivity contribution in [2.75, 3.05) is 4.72 Å². The molecule has 0 atom stereocenters. The summed E-state index contributed by atoms with van der Waals surface area (Å²) < 4.78 is 41.5. The highest BCUT2D eigenvalue weighted by Crippen LogP contribution is 2.46. The predicted molar refractivity (Wildman–Crippen MR) is 87.7 cm³/mol. The van der Waals surface area contributed by atoms with E-state index in [1.807, 2.05) is 6.08 Å². The molecule has 1 aromatic carbocycles. The second kappa shape index (κ2) is 4.90. The number of anilines is 1. The van der Waals surface area contributed by atoms with Crippen LogP contribution in [0, 0.1) is 5.82 Å². The van der Waals surface area contributed by atoms with Crippen LogP contribution in [0.3, 0.4) is 0 Å². The number of nitrogens with zero attached hydrogens (tertiary/aromatic N) is 1. The van der Waals surface area contributed by atoms with Crippen molar-refractivity contribution in [3.05, 3.63) is 39.7 Å². The van der Waals surface area contributed by atoms with Crippen molar-refractivity contribution in [1.29, 1.82) is 0 Å². The van der Waals surface area contributed by atoms with Crippen molar-refractivity contribution >= 4 is 33.4 Å². The third-order valence-corrected chi connectivity index (χ3v) is 5.71. The van der Waals surface area contributed by atoms with Crippen molar-refractivity contribution in [2.24, 2.45) is 0 Å². The number of hydrogen-bond donors (Lipinski definition) is 3. The summed E-state index contributed by atoms with van der Waals surface area (Å²) in [6.07, 6.45) is 4.65. The van der Waals surface area contributed by atoms with Gasteiger partial charge in [0.25, 0.3) is 0 Å². The number of halogens is 2. The molecule has 0 bridgehead atoms. The van der Waals surface area contributed by atoms with Crippen LogP contribution in [-0.4, -0.2) is 23.2 Å². The first kappa shape index (κ1) is 15.3. The Morgan fingerprint density at radius 3 is 2.71 bits per heavy atom. The summed E-state index contributed by atoms with van der Waals surface area (Å²) in [6, 6.07) is 0.956. The SMILES string of the molecule is O=S1(=O)Cc2c(c(Cl)cc(F)c2-n2c(O)c3c(c2O)CCC=C3)N1. The zero-order valence-electron chi connectivity index (χ0n) is 12.2. The van der Waals surface area contributed by atoms with Gasteiger partial charge in [0, 0.05) is 16.7 Å². The Hall–Kier alpha value is -2.19. The molecule has 126 valence electrons. The Kier molecular flexibility index (Phi) is 3.14. The Morgan fingerprint density at radius 1 is 1.25 bits per heavy atom. The zero-order chi connectivity index (χ0) is 17.2. The zero-order valence-corrected chi connectivity index (χ0v) is 13.7. The number of rotatable bonds is 1. The van der Waals surface area contributed by atoms with E-state index in [9.17, 15) is 23.0 Å². The molecule has 2 aromatic rings. The topological polar surface area (TPSA) is 91.6 Å². The molecule has 4 rings (SSSR count). The third-order valence-electron chi connectivity index (χ3n) is 4.23. The summed E-state index contributed by atoms with van der Waals surface area (Å²) in [7, 11) is -3.69. The van der Waals surface area contributed by atoms with E-state index in [2.05, 4.69) is 4.72 Å². The van der Waals surface area contributed by atoms with Gasteiger partial charge in [0.1, 0.15) is 5.82 Å². The lowest BCUT2D eigenvalue weighted by Gasteiger charge is -2.13. The first-order chi connectivity index (χ1) is 11.3. The normalized spacial score (nSPS) is 17.4. The number of allylic oxidation sites excluding steroid dienone is 1. The van der Waals surface area contributed by atoms with Gasteiger partial charge in [-0.25, -0.2) is 17.4 Å². The Bertz CT molecular complexity index is 1030. The van der Waals surface area contributed by atoms with E-state index < -0.39 is 21.6 Å². The summed E-state index contributed by atoms with van der Waals surface area (Å²) in [4.78, 5) is 0. The monoisotopic (exact) mass is 370 g/mol. The van der Waals surface area contributed by atoms with E-state index in [0.717, 1.165) is 10.6 Å². The van der Waals surface area contributed by atoms with Crippen molar-refractivity contribution in [2.45, 2.75) is 18.6 Å². The highest BCUT2D eigenvalue weighted by atomic mass is 35.5. The van der Waals surface area contributed by atoms with Gasteiger partial charge < -0.3 is 10.2 Å². The standard InChI is InChI=1S/C15H12ClFN2O4S/c16-10-5-11(17)13(9-6-24(22,23)18-12(9)10)19-14(20)7-3-1-2-4-8(7)15(19)21/h1,3,5,18,20-21H,2,4,6H2. The maximum atomic E-state index is 14.6. The summed E-state index contributed by atoms with van der Waals surface area (Å²) in [5, 5.41) is 20.8. The Labute approximate surface area is 141 Å². The van der Waals surface area contributed by atoms with E-state index in [4.69, 9.17) is 11.6 Å². The van der Waals surface area contributed by atoms with Gasteiger partial charge in [-0.05, 0) is 18.9 Å². The minimum atomic E-state index is -3.69. The molecule has 1 aromatic heterocycles. The lowest BCUT2D eigenvalue weighted by molar-refractivity contribution is 0.396. The molecule has 1 aliphatic carbocycles. The average molecular weight is 371 g/mol. The summed E-state index contributed by atoms with van der Waals surface area (Å²) in [6.45, 7) is 0. The Morgan fingerprint density at radius 2 is 2.00 bits per heavy atom. The number of aromatic hydroxyl groups is 2. The first-order valence-electron chi connectivity index (χ1n) is 7.14. The van der Waals surface area contributed by atoms with Gasteiger partial charge in [-0.2, -0.15) is 0 Å². The number of benzene rings is 1. The molecule has 2 heterocycles. The second-order valence-corrected chi connectivity index (χ2v) is 7.85. The molecular weight excluding hydrogens is 359 g/mol. The fourth-order valence-corrected chi connectivity index (χ4v) is 4.80. The summed E-state index contributed by atoms with van der Waals surface area (Å²) in [5.41, 5.74) is 0.805. The van der Waals surface area contributed by atoms with Gasteiger partial charge in [0.15, 0.2) is 0 Å². The highest BCUT2D eigenvalue weighted by molar-refractivity contribution is 7.92. The van der Waals surface area contributed by atoms with Crippen LogP contribution in [0.2, 0.25) is 5.02 Å². The number of fused-ring (bicyclic) bond motifs is 2. The molecule has 0 fully saturated rings. The minimum Gasteiger partial charge on any atom is -0.494 e. The van der Waals surface area contributed by atoms with Gasteiger partial charge in [0.05, 0.1) is 22.2 Å². The van der Waals surface area contributed by atoms with Crippen molar-refractivity contribution in [1.82, 2.24) is 4.57 Å². The van der Waals surface area contributed by atoms with E-state index in [-0.39, 0.29) is 33.7 Å². The first-order valence-corrected chi connectivity index (χ1v) is 9.17. The third kappa shape index (κ3) is 2.03. The van der Waals surface area contributed by atoms with Crippen LogP contribution in [0.5, 0.6) is 11.8 Å². The van der Waals surface area contributed by atoms with Crippen LogP contribution in [0.25, 0.3) is 11.8 Å². The number of aromatic nitrogens is 1. The largest absolute Gasteiger partial charge is 0.494 e. The Balaban J connectivity index is 2.06. The van der Waals surface area contributed by atoms with Crippen LogP contribution in [0.15, 0.2) is 12.1 Å². The fraction of sp³-hybridized carbons (Fsp3) is 0.200. The van der Waals surface area contributed by atoms with Gasteiger partial charge in [-0.1, -0.05) is 23.8 Å². The highest BCUT2D eigenvalue weighted by Gasteiger charge is 2.34. The second-order valence-electron chi connectivity index (χ2n) is 5.72. The molecular formula is C15H12ClFN2O4S. The molecule has 0 amide bonds. The lowest BCUT2D eigenvalue weighted by Crippen LogP contribution is -2.05. The quantitative estimate of drug-likeness (QED) is 0.719. The molecule has 0 spiro atoms. The molecule has 2 aliphatic rings. The van der Waals surface area contributed by atoms with E-state index in [0.29, 0.717) is 24.0 Å². The van der Waals surface area contributed by atoms with Gasteiger partial charge in [0.2, 0.25) is 21.8 Å². The molecule has 0 saturated heterocycles. The van der Waals surface area contributed by atoms with Crippen LogP contribution in [0.1, 0.15) is 23.1 Å². The molecule has 3 N–H and O–H groups in total. The van der Waals surface area contributed by atoms with Crippen LogP contribution < -0.4 is 4.72 Å². The minimum absolute atomic E-state index is 0.0640. The molecule has 0 unspecified atom stereocenters.